The van der Waals surface area contributed by atoms with Crippen molar-refractivity contribution in [2.75, 3.05) is 6.54 Å². The smallest absolute Gasteiger partial charge is 0.428 e. The van der Waals surface area contributed by atoms with Gasteiger partial charge in [-0.15, -0.1) is 0 Å². The Balaban J connectivity index is 2.21. The average Bonchev–Trinajstić information content (AvgIpc) is 2.82. The van der Waals surface area contributed by atoms with Crippen LogP contribution < -0.4 is 15.4 Å². The van der Waals surface area contributed by atoms with Crippen molar-refractivity contribution < 1.29 is 49.0 Å². The number of carbonyl (C=O) groups is 1. The van der Waals surface area contributed by atoms with E-state index >= 15 is 0 Å². The highest BCUT2D eigenvalue weighted by Crippen LogP contribution is 2.38. The van der Waals surface area contributed by atoms with Crippen molar-refractivity contribution in [2.24, 2.45) is 0 Å². The molecule has 1 atom stereocenters. The highest BCUT2D eigenvalue weighted by molar-refractivity contribution is 5.76. The second-order valence-corrected chi connectivity index (χ2v) is 8.14. The van der Waals surface area contributed by atoms with Gasteiger partial charge in [-0.3, -0.25) is 0 Å². The van der Waals surface area contributed by atoms with Gasteiger partial charge in [0.15, 0.2) is 0 Å². The van der Waals surface area contributed by atoms with Gasteiger partial charge < -0.3 is 15.4 Å². The molecule has 204 valence electrons. The molecule has 0 spiro atoms. The fourth-order valence-corrected chi connectivity index (χ4v) is 3.68. The van der Waals surface area contributed by atoms with Gasteiger partial charge in [-0.25, -0.2) is 13.6 Å². The summed E-state index contributed by atoms with van der Waals surface area (Å²) in [5, 5.41) is 3.92. The molecule has 0 aromatic heterocycles. The molecule has 3 aromatic carbocycles. The second kappa shape index (κ2) is 11.2. The lowest BCUT2D eigenvalue weighted by atomic mass is 9.77. The van der Waals surface area contributed by atoms with Crippen LogP contribution in [0.2, 0.25) is 0 Å². The van der Waals surface area contributed by atoms with Crippen LogP contribution >= 0.6 is 0 Å². The number of ether oxygens (including phenoxy) is 1. The maximum atomic E-state index is 14.6. The summed E-state index contributed by atoms with van der Waals surface area (Å²) in [6, 6.07) is 12.6. The molecule has 0 bridgehead atoms. The molecule has 2 N–H and O–H groups in total. The Morgan fingerprint density at radius 2 is 1.45 bits per heavy atom. The molecule has 0 saturated heterocycles. The SMILES string of the molecule is O=C(NCC(F)(F)F)N[C@](Cc1ccccc1)(c1ccc(F)cc1)c1cc(F)cc(OC(F)(F)C(F)F)c1. The van der Waals surface area contributed by atoms with Gasteiger partial charge in [-0.05, 0) is 41.0 Å². The van der Waals surface area contributed by atoms with Crippen LogP contribution in [0.1, 0.15) is 16.7 Å². The first-order valence-electron chi connectivity index (χ1n) is 10.8. The zero-order valence-electron chi connectivity index (χ0n) is 19.1. The Bertz CT molecular complexity index is 1240. The summed E-state index contributed by atoms with van der Waals surface area (Å²) >= 11 is 0. The van der Waals surface area contributed by atoms with Gasteiger partial charge in [-0.2, -0.15) is 30.7 Å². The maximum absolute atomic E-state index is 14.6. The summed E-state index contributed by atoms with van der Waals surface area (Å²) in [7, 11) is 0. The third-order valence-corrected chi connectivity index (χ3v) is 5.30. The normalized spacial score (nSPS) is 13.6. The number of carbonyl (C=O) groups excluding carboxylic acids is 1. The predicted octanol–water partition coefficient (Wildman–Crippen LogP) is 6.55. The number of benzene rings is 3. The molecular formula is C25H19F9N2O2. The number of nitrogens with one attached hydrogen (secondary N) is 2. The molecule has 4 nitrogen and oxygen atoms in total. The number of hydrogen-bond acceptors (Lipinski definition) is 2. The molecule has 0 aliphatic heterocycles. The summed E-state index contributed by atoms with van der Waals surface area (Å²) in [6.07, 6.45) is -14.4. The van der Waals surface area contributed by atoms with E-state index in [4.69, 9.17) is 0 Å². The standard InChI is InChI=1S/C25H19F9N2O2/c26-18-8-6-16(7-9-18)23(13-15-4-2-1-3-5-15,36-22(37)35-14-24(30,31)32)17-10-19(27)12-20(11-17)38-25(33,34)21(28)29/h1-12,21H,13-14H2,(H2,35,36,37)/t23-/m1/s1. The Labute approximate surface area is 210 Å². The van der Waals surface area contributed by atoms with Gasteiger partial charge >= 0.3 is 24.7 Å². The molecule has 0 unspecified atom stereocenters. The van der Waals surface area contributed by atoms with Crippen LogP contribution in [0.5, 0.6) is 5.75 Å². The minimum Gasteiger partial charge on any atom is -0.428 e. The van der Waals surface area contributed by atoms with E-state index in [2.05, 4.69) is 10.1 Å². The number of halogens is 9. The van der Waals surface area contributed by atoms with Crippen molar-refractivity contribution in [1.82, 2.24) is 10.6 Å². The molecule has 0 aliphatic rings. The third kappa shape index (κ3) is 7.33. The summed E-state index contributed by atoms with van der Waals surface area (Å²) in [5.41, 5.74) is -1.96. The van der Waals surface area contributed by atoms with Crippen LogP contribution in [0.15, 0.2) is 72.8 Å². The zero-order chi connectivity index (χ0) is 28.1. The van der Waals surface area contributed by atoms with Gasteiger partial charge in [0.05, 0.1) is 5.54 Å². The van der Waals surface area contributed by atoms with E-state index in [9.17, 15) is 44.3 Å². The van der Waals surface area contributed by atoms with E-state index < -0.39 is 54.2 Å². The first-order chi connectivity index (χ1) is 17.7. The number of alkyl halides is 7. The summed E-state index contributed by atoms with van der Waals surface area (Å²) in [4.78, 5) is 12.7. The first-order valence-corrected chi connectivity index (χ1v) is 10.8. The number of hydrogen-bond donors (Lipinski definition) is 2. The van der Waals surface area contributed by atoms with Crippen molar-refractivity contribution >= 4 is 6.03 Å². The van der Waals surface area contributed by atoms with E-state index in [1.54, 1.807) is 35.6 Å². The molecule has 0 aliphatic carbocycles. The fraction of sp³-hybridized carbons (Fsp3) is 0.240. The van der Waals surface area contributed by atoms with Crippen LogP contribution in [-0.2, 0) is 12.0 Å². The molecule has 3 rings (SSSR count). The largest absolute Gasteiger partial charge is 0.461 e. The first kappa shape index (κ1) is 28.7. The lowest BCUT2D eigenvalue weighted by Crippen LogP contribution is -2.53. The molecule has 0 saturated carbocycles. The Kier molecular flexibility index (Phi) is 8.48. The minimum atomic E-state index is -5.01. The van der Waals surface area contributed by atoms with E-state index in [1.807, 2.05) is 0 Å². The van der Waals surface area contributed by atoms with Crippen molar-refractivity contribution in [3.63, 3.8) is 0 Å². The molecule has 0 radical (unpaired) electrons. The van der Waals surface area contributed by atoms with E-state index in [0.29, 0.717) is 11.6 Å². The monoisotopic (exact) mass is 550 g/mol. The Hall–Kier alpha value is -3.90. The second-order valence-electron chi connectivity index (χ2n) is 8.14. The fourth-order valence-electron chi connectivity index (χ4n) is 3.68. The number of amides is 2. The van der Waals surface area contributed by atoms with Crippen molar-refractivity contribution in [3.8, 4) is 5.75 Å². The molecule has 38 heavy (non-hydrogen) atoms. The minimum absolute atomic E-state index is 0.00193. The molecule has 3 aromatic rings. The third-order valence-electron chi connectivity index (χ3n) is 5.30. The molecular weight excluding hydrogens is 531 g/mol. The maximum Gasteiger partial charge on any atom is 0.461 e. The highest BCUT2D eigenvalue weighted by Gasteiger charge is 2.45. The Morgan fingerprint density at radius 1 is 0.816 bits per heavy atom. The van der Waals surface area contributed by atoms with Gasteiger partial charge in [0, 0.05) is 12.5 Å². The molecule has 0 fully saturated rings. The van der Waals surface area contributed by atoms with Gasteiger partial charge in [0.25, 0.3) is 0 Å². The van der Waals surface area contributed by atoms with E-state index in [-0.39, 0.29) is 17.5 Å². The van der Waals surface area contributed by atoms with Gasteiger partial charge in [0.1, 0.15) is 23.9 Å². The van der Waals surface area contributed by atoms with E-state index in [0.717, 1.165) is 36.4 Å². The van der Waals surface area contributed by atoms with Crippen molar-refractivity contribution in [3.05, 3.63) is 101 Å². The van der Waals surface area contributed by atoms with Gasteiger partial charge in [0.2, 0.25) is 0 Å². The summed E-state index contributed by atoms with van der Waals surface area (Å²) < 4.78 is 123. The Morgan fingerprint density at radius 3 is 2.03 bits per heavy atom. The predicted molar refractivity (Wildman–Crippen MR) is 118 cm³/mol. The molecule has 2 amide bonds. The van der Waals surface area contributed by atoms with Crippen LogP contribution in [0, 0.1) is 11.6 Å². The van der Waals surface area contributed by atoms with Gasteiger partial charge in [-0.1, -0.05) is 42.5 Å². The molecule has 0 heterocycles. The van der Waals surface area contributed by atoms with Crippen LogP contribution in [0.3, 0.4) is 0 Å². The summed E-state index contributed by atoms with van der Waals surface area (Å²) in [5.74, 6) is -3.04. The molecule has 13 heteroatoms. The number of rotatable bonds is 9. The summed E-state index contributed by atoms with van der Waals surface area (Å²) in [6.45, 7) is -1.75. The lowest BCUT2D eigenvalue weighted by Gasteiger charge is -2.37. The van der Waals surface area contributed by atoms with Crippen LogP contribution in [0.25, 0.3) is 0 Å². The van der Waals surface area contributed by atoms with Crippen molar-refractivity contribution in [2.45, 2.75) is 30.7 Å². The van der Waals surface area contributed by atoms with E-state index in [1.165, 1.54) is 0 Å². The quantitative estimate of drug-likeness (QED) is 0.297. The highest BCUT2D eigenvalue weighted by atomic mass is 19.4. The van der Waals surface area contributed by atoms with Crippen LogP contribution in [0.4, 0.5) is 44.3 Å². The van der Waals surface area contributed by atoms with Crippen molar-refractivity contribution in [1.29, 1.82) is 0 Å². The lowest BCUT2D eigenvalue weighted by molar-refractivity contribution is -0.253. The average molecular weight is 550 g/mol. The number of urea groups is 1. The zero-order valence-corrected chi connectivity index (χ0v) is 19.1. The van der Waals surface area contributed by atoms with Crippen LogP contribution in [-0.4, -0.2) is 31.3 Å². The topological polar surface area (TPSA) is 50.4 Å².